The van der Waals surface area contributed by atoms with E-state index < -0.39 is 23.3 Å². The molecule has 0 saturated carbocycles. The minimum absolute atomic E-state index is 0.307. The molecule has 0 bridgehead atoms. The maximum absolute atomic E-state index is 12.5. The molecule has 0 radical (unpaired) electrons. The summed E-state index contributed by atoms with van der Waals surface area (Å²) < 4.78 is 0. The predicted molar refractivity (Wildman–Crippen MR) is 92.0 cm³/mol. The lowest BCUT2D eigenvalue weighted by atomic mass is 9.64. The van der Waals surface area contributed by atoms with Gasteiger partial charge in [-0.15, -0.1) is 0 Å². The van der Waals surface area contributed by atoms with Crippen LogP contribution in [-0.2, 0) is 15.0 Å². The van der Waals surface area contributed by atoms with Gasteiger partial charge in [0.2, 0.25) is 0 Å². The summed E-state index contributed by atoms with van der Waals surface area (Å²) in [5.74, 6) is -3.26. The van der Waals surface area contributed by atoms with E-state index in [0.717, 1.165) is 6.42 Å². The van der Waals surface area contributed by atoms with E-state index in [4.69, 9.17) is 0 Å². The fourth-order valence-electron chi connectivity index (χ4n) is 3.30. The van der Waals surface area contributed by atoms with E-state index in [1.54, 1.807) is 60.7 Å². The third kappa shape index (κ3) is 3.18. The van der Waals surface area contributed by atoms with Crippen molar-refractivity contribution in [2.75, 3.05) is 0 Å². The summed E-state index contributed by atoms with van der Waals surface area (Å²) >= 11 is 0. The second-order valence-corrected chi connectivity index (χ2v) is 5.88. The molecule has 126 valence electrons. The van der Waals surface area contributed by atoms with E-state index in [9.17, 15) is 19.8 Å². The van der Waals surface area contributed by atoms with Crippen LogP contribution in [0.2, 0.25) is 0 Å². The monoisotopic (exact) mass is 326 g/mol. The Balaban J connectivity index is 2.75. The first kappa shape index (κ1) is 17.7. The maximum atomic E-state index is 12.5. The van der Waals surface area contributed by atoms with Crippen molar-refractivity contribution in [3.63, 3.8) is 0 Å². The van der Waals surface area contributed by atoms with Crippen molar-refractivity contribution >= 4 is 11.9 Å². The van der Waals surface area contributed by atoms with Gasteiger partial charge in [-0.3, -0.25) is 9.59 Å². The van der Waals surface area contributed by atoms with E-state index >= 15 is 0 Å². The molecule has 4 nitrogen and oxygen atoms in total. The minimum atomic E-state index is -1.61. The van der Waals surface area contributed by atoms with Crippen molar-refractivity contribution in [3.05, 3.63) is 71.8 Å². The molecule has 0 aromatic heterocycles. The van der Waals surface area contributed by atoms with Crippen molar-refractivity contribution in [2.45, 2.75) is 31.6 Å². The van der Waals surface area contributed by atoms with E-state index in [2.05, 4.69) is 0 Å². The Morgan fingerprint density at radius 1 is 0.917 bits per heavy atom. The average molecular weight is 326 g/mol. The average Bonchev–Trinajstić information content (AvgIpc) is 2.59. The lowest BCUT2D eigenvalue weighted by Crippen LogP contribution is -2.47. The molecular formula is C20H22O4. The van der Waals surface area contributed by atoms with Crippen molar-refractivity contribution in [3.8, 4) is 0 Å². The molecule has 2 aromatic carbocycles. The zero-order chi connectivity index (χ0) is 17.6. The minimum Gasteiger partial charge on any atom is -0.481 e. The summed E-state index contributed by atoms with van der Waals surface area (Å²) in [5, 5.41) is 20.0. The number of aliphatic carboxylic acids is 2. The summed E-state index contributed by atoms with van der Waals surface area (Å²) in [6.45, 7) is 1.96. The molecule has 4 heteroatoms. The van der Waals surface area contributed by atoms with Crippen LogP contribution in [0.15, 0.2) is 60.7 Å². The highest BCUT2D eigenvalue weighted by molar-refractivity contribution is 5.92. The van der Waals surface area contributed by atoms with Gasteiger partial charge in [0, 0.05) is 0 Å². The standard InChI is InChI=1S/C20H22O4/c1-2-3-14-17(18(21)22)20(19(23)24,15-10-6-4-7-11-15)16-12-8-5-9-13-16/h4-13,17H,2-3,14H2,1H3,(H,21,22)(H,23,24). The third-order valence-electron chi connectivity index (χ3n) is 4.46. The van der Waals surface area contributed by atoms with E-state index in [-0.39, 0.29) is 0 Å². The highest BCUT2D eigenvalue weighted by atomic mass is 16.4. The van der Waals surface area contributed by atoms with Crippen LogP contribution >= 0.6 is 0 Å². The van der Waals surface area contributed by atoms with Crippen molar-refractivity contribution in [2.24, 2.45) is 5.92 Å². The SMILES string of the molecule is CCCCC(C(=O)O)C(C(=O)O)(c1ccccc1)c1ccccc1. The van der Waals surface area contributed by atoms with E-state index in [1.165, 1.54) is 0 Å². The molecule has 2 N–H and O–H groups in total. The fraction of sp³-hybridized carbons (Fsp3) is 0.300. The van der Waals surface area contributed by atoms with Crippen LogP contribution in [0, 0.1) is 5.92 Å². The lowest BCUT2D eigenvalue weighted by Gasteiger charge is -2.36. The Morgan fingerprint density at radius 3 is 1.71 bits per heavy atom. The quantitative estimate of drug-likeness (QED) is 0.770. The van der Waals surface area contributed by atoms with Gasteiger partial charge >= 0.3 is 11.9 Å². The van der Waals surface area contributed by atoms with E-state index in [0.29, 0.717) is 24.0 Å². The van der Waals surface area contributed by atoms with Crippen LogP contribution in [-0.4, -0.2) is 22.2 Å². The predicted octanol–water partition coefficient (Wildman–Crippen LogP) is 3.95. The molecular weight excluding hydrogens is 304 g/mol. The second-order valence-electron chi connectivity index (χ2n) is 5.88. The topological polar surface area (TPSA) is 74.6 Å². The fourth-order valence-corrected chi connectivity index (χ4v) is 3.30. The Labute approximate surface area is 141 Å². The second kappa shape index (κ2) is 7.77. The Morgan fingerprint density at radius 2 is 1.38 bits per heavy atom. The molecule has 24 heavy (non-hydrogen) atoms. The number of carboxylic acids is 2. The molecule has 0 heterocycles. The molecule has 2 rings (SSSR count). The molecule has 0 aliphatic carbocycles. The summed E-state index contributed by atoms with van der Waals surface area (Å²) in [6, 6.07) is 17.4. The summed E-state index contributed by atoms with van der Waals surface area (Å²) in [5.41, 5.74) is -0.622. The van der Waals surface area contributed by atoms with Crippen molar-refractivity contribution in [1.29, 1.82) is 0 Å². The van der Waals surface area contributed by atoms with Gasteiger partial charge < -0.3 is 10.2 Å². The molecule has 0 amide bonds. The zero-order valence-corrected chi connectivity index (χ0v) is 13.7. The van der Waals surface area contributed by atoms with Crippen molar-refractivity contribution in [1.82, 2.24) is 0 Å². The van der Waals surface area contributed by atoms with Crippen LogP contribution in [0.1, 0.15) is 37.3 Å². The number of unbranched alkanes of at least 4 members (excludes halogenated alkanes) is 1. The van der Waals surface area contributed by atoms with Gasteiger partial charge in [0.25, 0.3) is 0 Å². The summed E-state index contributed by atoms with van der Waals surface area (Å²) in [6.07, 6.45) is 1.77. The maximum Gasteiger partial charge on any atom is 0.319 e. The van der Waals surface area contributed by atoms with Gasteiger partial charge in [0.05, 0.1) is 5.92 Å². The number of rotatable bonds is 8. The zero-order valence-electron chi connectivity index (χ0n) is 13.7. The van der Waals surface area contributed by atoms with Crippen LogP contribution in [0.3, 0.4) is 0 Å². The van der Waals surface area contributed by atoms with Crippen molar-refractivity contribution < 1.29 is 19.8 Å². The lowest BCUT2D eigenvalue weighted by molar-refractivity contribution is -0.154. The number of carbonyl (C=O) groups is 2. The normalized spacial score (nSPS) is 12.5. The highest BCUT2D eigenvalue weighted by Crippen LogP contribution is 2.42. The summed E-state index contributed by atoms with van der Waals surface area (Å²) in [7, 11) is 0. The Kier molecular flexibility index (Phi) is 5.74. The van der Waals surface area contributed by atoms with Gasteiger partial charge in [-0.2, -0.15) is 0 Å². The highest BCUT2D eigenvalue weighted by Gasteiger charge is 2.51. The Bertz CT molecular complexity index is 640. The van der Waals surface area contributed by atoms with Gasteiger partial charge in [0.1, 0.15) is 5.41 Å². The molecule has 0 saturated heterocycles. The first-order valence-electron chi connectivity index (χ1n) is 8.12. The summed E-state index contributed by atoms with van der Waals surface area (Å²) in [4.78, 5) is 24.5. The van der Waals surface area contributed by atoms with Gasteiger partial charge in [0.15, 0.2) is 0 Å². The molecule has 1 unspecified atom stereocenters. The van der Waals surface area contributed by atoms with Gasteiger partial charge in [-0.05, 0) is 17.5 Å². The van der Waals surface area contributed by atoms with Crippen LogP contribution in [0.25, 0.3) is 0 Å². The number of benzene rings is 2. The molecule has 1 atom stereocenters. The van der Waals surface area contributed by atoms with Gasteiger partial charge in [-0.25, -0.2) is 0 Å². The van der Waals surface area contributed by atoms with Gasteiger partial charge in [-0.1, -0.05) is 80.4 Å². The van der Waals surface area contributed by atoms with Crippen LogP contribution in [0.4, 0.5) is 0 Å². The van der Waals surface area contributed by atoms with Crippen LogP contribution < -0.4 is 0 Å². The molecule has 0 spiro atoms. The smallest absolute Gasteiger partial charge is 0.319 e. The van der Waals surface area contributed by atoms with Crippen LogP contribution in [0.5, 0.6) is 0 Å². The Hall–Kier alpha value is -2.62. The largest absolute Gasteiger partial charge is 0.481 e. The van der Waals surface area contributed by atoms with E-state index in [1.807, 2.05) is 6.92 Å². The molecule has 2 aromatic rings. The number of carboxylic acid groups (broad SMARTS) is 2. The first-order chi connectivity index (χ1) is 11.5. The third-order valence-corrected chi connectivity index (χ3v) is 4.46. The first-order valence-corrected chi connectivity index (χ1v) is 8.12. The molecule has 0 fully saturated rings. The molecule has 0 aliphatic heterocycles. The number of hydrogen-bond acceptors (Lipinski definition) is 2. The molecule has 0 aliphatic rings. The number of hydrogen-bond donors (Lipinski definition) is 2.